The minimum absolute atomic E-state index is 0.0772. The molecule has 41 heavy (non-hydrogen) atoms. The first-order valence-corrected chi connectivity index (χ1v) is 13.6. The number of thiazole rings is 1. The van der Waals surface area contributed by atoms with E-state index in [0.717, 1.165) is 11.3 Å². The SMILES string of the molecule is CCOC(=O)C1=C(C)N=c2s/c(=C\c3ccc(-c4cc([N+](=O)[O-])ccc4Cl)o3)c(=O)n2[C@H]1c1ccc2c(c1)OCO2. The van der Waals surface area contributed by atoms with Gasteiger partial charge in [-0.2, -0.15) is 0 Å². The van der Waals surface area contributed by atoms with Crippen molar-refractivity contribution in [3.05, 3.63) is 106 Å². The highest BCUT2D eigenvalue weighted by molar-refractivity contribution is 7.07. The lowest BCUT2D eigenvalue weighted by Crippen LogP contribution is -2.39. The second kappa shape index (κ2) is 10.4. The molecule has 2 aliphatic heterocycles. The summed E-state index contributed by atoms with van der Waals surface area (Å²) in [7, 11) is 0. The topological polar surface area (TPSA) is 135 Å². The molecule has 4 aromatic rings. The molecule has 4 heterocycles. The smallest absolute Gasteiger partial charge is 0.338 e. The number of halogens is 1. The predicted molar refractivity (Wildman–Crippen MR) is 149 cm³/mol. The van der Waals surface area contributed by atoms with Crippen LogP contribution in [0.1, 0.15) is 31.2 Å². The predicted octanol–water partition coefficient (Wildman–Crippen LogP) is 4.35. The van der Waals surface area contributed by atoms with Gasteiger partial charge in [0.25, 0.3) is 11.2 Å². The van der Waals surface area contributed by atoms with Crippen LogP contribution in [0.4, 0.5) is 5.69 Å². The molecular formula is C28H20ClN3O8S. The summed E-state index contributed by atoms with van der Waals surface area (Å²) in [5.41, 5.74) is 1.12. The Labute approximate surface area is 240 Å². The van der Waals surface area contributed by atoms with Crippen molar-refractivity contribution in [1.82, 2.24) is 4.57 Å². The third kappa shape index (κ3) is 4.70. The Balaban J connectivity index is 1.47. The number of nitrogens with zero attached hydrogens (tertiary/aromatic N) is 3. The minimum Gasteiger partial charge on any atom is -0.463 e. The molecule has 2 aromatic carbocycles. The molecule has 208 valence electrons. The monoisotopic (exact) mass is 593 g/mol. The molecule has 0 radical (unpaired) electrons. The van der Waals surface area contributed by atoms with E-state index >= 15 is 0 Å². The van der Waals surface area contributed by atoms with Crippen LogP contribution < -0.4 is 24.4 Å². The molecule has 0 fully saturated rings. The molecule has 0 unspecified atom stereocenters. The van der Waals surface area contributed by atoms with E-state index in [1.165, 1.54) is 22.8 Å². The fourth-order valence-electron chi connectivity index (χ4n) is 4.71. The van der Waals surface area contributed by atoms with E-state index in [-0.39, 0.29) is 29.7 Å². The highest BCUT2D eigenvalue weighted by Gasteiger charge is 2.34. The number of nitro groups is 1. The summed E-state index contributed by atoms with van der Waals surface area (Å²) in [6.07, 6.45) is 1.55. The summed E-state index contributed by atoms with van der Waals surface area (Å²) >= 11 is 7.40. The van der Waals surface area contributed by atoms with Gasteiger partial charge in [0.2, 0.25) is 6.79 Å². The van der Waals surface area contributed by atoms with Crippen LogP contribution >= 0.6 is 22.9 Å². The lowest BCUT2D eigenvalue weighted by atomic mass is 9.95. The van der Waals surface area contributed by atoms with Gasteiger partial charge in [-0.3, -0.25) is 19.5 Å². The first-order chi connectivity index (χ1) is 19.7. The Kier molecular flexibility index (Phi) is 6.72. The zero-order chi connectivity index (χ0) is 28.8. The number of furan rings is 1. The zero-order valence-electron chi connectivity index (χ0n) is 21.6. The standard InChI is InChI=1S/C28H20ClN3O8S/c1-3-37-27(34)24-14(2)30-28-31(25(24)15-4-8-21-22(10-15)39-13-38-21)26(33)23(41-28)12-17-6-9-20(40-17)18-11-16(32(35)36)5-7-19(18)29/h4-12,25H,3,13H2,1-2H3/b23-12-/t25-/m0/s1. The second-order valence-electron chi connectivity index (χ2n) is 9.04. The van der Waals surface area contributed by atoms with Crippen LogP contribution in [0.15, 0.2) is 74.0 Å². The lowest BCUT2D eigenvalue weighted by Gasteiger charge is -2.24. The largest absolute Gasteiger partial charge is 0.463 e. The summed E-state index contributed by atoms with van der Waals surface area (Å²) in [6.45, 7) is 3.64. The number of carbonyl (C=O) groups excluding carboxylic acids is 1. The van der Waals surface area contributed by atoms with Crippen LogP contribution in [0.25, 0.3) is 17.4 Å². The number of allylic oxidation sites excluding steroid dienone is 1. The minimum atomic E-state index is -0.821. The van der Waals surface area contributed by atoms with Gasteiger partial charge in [0.15, 0.2) is 16.3 Å². The van der Waals surface area contributed by atoms with Crippen LogP contribution in [0.3, 0.4) is 0 Å². The van der Waals surface area contributed by atoms with Crippen molar-refractivity contribution < 1.29 is 28.3 Å². The number of ether oxygens (including phenoxy) is 3. The Morgan fingerprint density at radius 3 is 2.80 bits per heavy atom. The van der Waals surface area contributed by atoms with Crippen molar-refractivity contribution in [2.45, 2.75) is 19.9 Å². The van der Waals surface area contributed by atoms with Gasteiger partial charge in [0.1, 0.15) is 11.5 Å². The maximum Gasteiger partial charge on any atom is 0.338 e. The lowest BCUT2D eigenvalue weighted by molar-refractivity contribution is -0.384. The van der Waals surface area contributed by atoms with Crippen molar-refractivity contribution in [2.24, 2.45) is 4.99 Å². The van der Waals surface area contributed by atoms with Crippen molar-refractivity contribution in [2.75, 3.05) is 13.4 Å². The second-order valence-corrected chi connectivity index (χ2v) is 10.5. The molecule has 0 bridgehead atoms. The van der Waals surface area contributed by atoms with E-state index in [1.807, 2.05) is 0 Å². The maximum absolute atomic E-state index is 13.8. The van der Waals surface area contributed by atoms with E-state index in [4.69, 9.17) is 30.2 Å². The number of esters is 1. The van der Waals surface area contributed by atoms with Crippen molar-refractivity contribution in [3.8, 4) is 22.8 Å². The van der Waals surface area contributed by atoms with E-state index < -0.39 is 22.5 Å². The zero-order valence-corrected chi connectivity index (χ0v) is 23.2. The number of rotatable bonds is 6. The number of hydrogen-bond donors (Lipinski definition) is 0. The van der Waals surface area contributed by atoms with Crippen LogP contribution in [-0.4, -0.2) is 28.9 Å². The molecule has 0 aliphatic carbocycles. The van der Waals surface area contributed by atoms with Crippen molar-refractivity contribution >= 4 is 40.7 Å². The molecule has 1 atom stereocenters. The highest BCUT2D eigenvalue weighted by atomic mass is 35.5. The third-order valence-electron chi connectivity index (χ3n) is 6.56. The van der Waals surface area contributed by atoms with Gasteiger partial charge in [0.05, 0.1) is 38.4 Å². The maximum atomic E-state index is 13.8. The van der Waals surface area contributed by atoms with E-state index in [2.05, 4.69) is 4.99 Å². The fourth-order valence-corrected chi connectivity index (χ4v) is 5.95. The third-order valence-corrected chi connectivity index (χ3v) is 7.87. The van der Waals surface area contributed by atoms with Crippen LogP contribution in [0.5, 0.6) is 11.5 Å². The Morgan fingerprint density at radius 1 is 1.22 bits per heavy atom. The van der Waals surface area contributed by atoms with Gasteiger partial charge in [-0.1, -0.05) is 29.0 Å². The van der Waals surface area contributed by atoms with Crippen molar-refractivity contribution in [3.63, 3.8) is 0 Å². The van der Waals surface area contributed by atoms with Gasteiger partial charge in [0, 0.05) is 23.8 Å². The van der Waals surface area contributed by atoms with Crippen molar-refractivity contribution in [1.29, 1.82) is 0 Å². The number of aromatic nitrogens is 1. The molecule has 2 aromatic heterocycles. The molecule has 11 nitrogen and oxygen atoms in total. The molecule has 13 heteroatoms. The summed E-state index contributed by atoms with van der Waals surface area (Å²) < 4.78 is 24.0. The molecule has 0 amide bonds. The summed E-state index contributed by atoms with van der Waals surface area (Å²) in [5, 5.41) is 11.5. The molecule has 0 saturated carbocycles. The van der Waals surface area contributed by atoms with Gasteiger partial charge in [-0.15, -0.1) is 0 Å². The molecule has 0 saturated heterocycles. The van der Waals surface area contributed by atoms with E-state index in [0.29, 0.717) is 49.2 Å². The van der Waals surface area contributed by atoms with Crippen LogP contribution in [0.2, 0.25) is 5.02 Å². The Hall–Kier alpha value is -4.68. The average molecular weight is 594 g/mol. The van der Waals surface area contributed by atoms with Gasteiger partial charge in [-0.05, 0) is 49.7 Å². The normalized spacial score (nSPS) is 16.0. The van der Waals surface area contributed by atoms with Gasteiger partial charge >= 0.3 is 5.97 Å². The summed E-state index contributed by atoms with van der Waals surface area (Å²) in [6, 6.07) is 11.7. The average Bonchev–Trinajstić information content (AvgIpc) is 3.67. The molecule has 6 rings (SSSR count). The molecule has 0 N–H and O–H groups in total. The molecular weight excluding hydrogens is 574 g/mol. The summed E-state index contributed by atoms with van der Waals surface area (Å²) in [5.74, 6) is 1.13. The number of nitro benzene ring substituents is 1. The van der Waals surface area contributed by atoms with Gasteiger partial charge in [-0.25, -0.2) is 9.79 Å². The Bertz CT molecular complexity index is 1950. The Morgan fingerprint density at radius 2 is 2.02 bits per heavy atom. The number of fused-ring (bicyclic) bond motifs is 2. The van der Waals surface area contributed by atoms with E-state index in [9.17, 15) is 19.7 Å². The molecule has 0 spiro atoms. The molecule has 2 aliphatic rings. The summed E-state index contributed by atoms with van der Waals surface area (Å²) in [4.78, 5) is 42.6. The number of non-ortho nitro benzene ring substituents is 1. The van der Waals surface area contributed by atoms with E-state index in [1.54, 1.807) is 50.3 Å². The quantitative estimate of drug-likeness (QED) is 0.183. The highest BCUT2D eigenvalue weighted by Crippen LogP contribution is 2.38. The number of hydrogen-bond acceptors (Lipinski definition) is 10. The number of benzene rings is 2. The number of carbonyl (C=O) groups is 1. The first kappa shape index (κ1) is 26.5. The van der Waals surface area contributed by atoms with Crippen LogP contribution in [-0.2, 0) is 9.53 Å². The first-order valence-electron chi connectivity index (χ1n) is 12.4. The van der Waals surface area contributed by atoms with Gasteiger partial charge < -0.3 is 18.6 Å². The fraction of sp³-hybridized carbons (Fsp3) is 0.179. The van der Waals surface area contributed by atoms with Crippen LogP contribution in [0, 0.1) is 10.1 Å².